The molecule has 1 aliphatic heterocycles. The average Bonchev–Trinajstić information content (AvgIpc) is 3.54. The zero-order chi connectivity index (χ0) is 22.1. The minimum absolute atomic E-state index is 0.00434. The van der Waals surface area contributed by atoms with Gasteiger partial charge in [-0.15, -0.1) is 0 Å². The molecule has 160 valence electrons. The lowest BCUT2D eigenvalue weighted by molar-refractivity contribution is -0.129. The number of benzene rings is 1. The highest BCUT2D eigenvalue weighted by atomic mass is 16.3. The van der Waals surface area contributed by atoms with E-state index in [4.69, 9.17) is 4.42 Å². The second-order valence-corrected chi connectivity index (χ2v) is 7.58. The molecule has 3 aromatic heterocycles. The lowest BCUT2D eigenvalue weighted by Crippen LogP contribution is -2.32. The molecule has 1 N–H and O–H groups in total. The molecule has 0 bridgehead atoms. The molecular weight excluding hydrogens is 408 g/mol. The van der Waals surface area contributed by atoms with Crippen molar-refractivity contribution < 1.29 is 19.1 Å². The predicted octanol–water partition coefficient (Wildman–Crippen LogP) is 3.69. The van der Waals surface area contributed by atoms with Gasteiger partial charge < -0.3 is 19.0 Å². The number of carbonyl (C=O) groups is 2. The number of carbonyl (C=O) groups excluding carboxylic acids is 2. The lowest BCUT2D eigenvalue weighted by atomic mass is 9.96. The molecule has 0 spiro atoms. The standard InChI is InChI=1S/C24H20N4O4/c29-22(19-13-16-5-1-2-7-18(16)32-19)20-21(17-6-3-8-25-14-17)28(24(31)23(20)30)11-4-10-27-12-9-26-15-27/h1-3,5-9,12-15,21,30H,4,10-11H2. The van der Waals surface area contributed by atoms with Gasteiger partial charge in [-0.2, -0.15) is 0 Å². The number of Topliss-reactive ketones (excluding diaryl/α,β-unsaturated/α-hetero) is 1. The van der Waals surface area contributed by atoms with Crippen molar-refractivity contribution in [1.82, 2.24) is 19.4 Å². The lowest BCUT2D eigenvalue weighted by Gasteiger charge is -2.26. The van der Waals surface area contributed by atoms with E-state index in [1.54, 1.807) is 49.2 Å². The second-order valence-electron chi connectivity index (χ2n) is 7.58. The van der Waals surface area contributed by atoms with Crippen molar-refractivity contribution in [2.45, 2.75) is 19.0 Å². The van der Waals surface area contributed by atoms with Gasteiger partial charge in [0.05, 0.1) is 17.9 Å². The van der Waals surface area contributed by atoms with Crippen LogP contribution in [-0.4, -0.2) is 42.8 Å². The van der Waals surface area contributed by atoms with Crippen molar-refractivity contribution in [1.29, 1.82) is 0 Å². The first-order valence-corrected chi connectivity index (χ1v) is 10.3. The fourth-order valence-electron chi connectivity index (χ4n) is 4.07. The largest absolute Gasteiger partial charge is 0.503 e. The molecule has 32 heavy (non-hydrogen) atoms. The van der Waals surface area contributed by atoms with Crippen LogP contribution >= 0.6 is 0 Å². The SMILES string of the molecule is O=C(C1=C(O)C(=O)N(CCCn2ccnc2)C1c1cccnc1)c1cc2ccccc2o1. The summed E-state index contributed by atoms with van der Waals surface area (Å²) in [5, 5.41) is 11.5. The first-order chi connectivity index (χ1) is 15.6. The number of aliphatic hydroxyl groups excluding tert-OH is 1. The topological polar surface area (TPSA) is 101 Å². The first kappa shape index (κ1) is 19.7. The number of nitrogens with zero attached hydrogens (tertiary/aromatic N) is 4. The Morgan fingerprint density at radius 2 is 1.97 bits per heavy atom. The molecule has 1 unspecified atom stereocenters. The minimum Gasteiger partial charge on any atom is -0.503 e. The number of amides is 1. The van der Waals surface area contributed by atoms with Gasteiger partial charge in [-0.25, -0.2) is 4.98 Å². The number of ketones is 1. The summed E-state index contributed by atoms with van der Waals surface area (Å²) in [5.74, 6) is -1.57. The highest BCUT2D eigenvalue weighted by Gasteiger charge is 2.44. The number of hydrogen-bond donors (Lipinski definition) is 1. The van der Waals surface area contributed by atoms with Gasteiger partial charge in [0.25, 0.3) is 5.91 Å². The summed E-state index contributed by atoms with van der Waals surface area (Å²) in [6.07, 6.45) is 9.09. The fourth-order valence-corrected chi connectivity index (χ4v) is 4.07. The fraction of sp³-hybridized carbons (Fsp3) is 0.167. The molecule has 4 heterocycles. The maximum Gasteiger partial charge on any atom is 0.290 e. The second kappa shape index (κ2) is 8.14. The number of aryl methyl sites for hydroxylation is 1. The Bertz CT molecular complexity index is 1280. The van der Waals surface area contributed by atoms with Gasteiger partial charge in [-0.1, -0.05) is 24.3 Å². The molecule has 0 fully saturated rings. The number of hydrogen-bond acceptors (Lipinski definition) is 6. The first-order valence-electron chi connectivity index (χ1n) is 10.3. The Hall–Kier alpha value is -4.20. The van der Waals surface area contributed by atoms with E-state index in [-0.39, 0.29) is 11.3 Å². The van der Waals surface area contributed by atoms with Crippen molar-refractivity contribution in [3.8, 4) is 0 Å². The Kier molecular flexibility index (Phi) is 5.03. The predicted molar refractivity (Wildman–Crippen MR) is 116 cm³/mol. The highest BCUT2D eigenvalue weighted by molar-refractivity contribution is 6.15. The highest BCUT2D eigenvalue weighted by Crippen LogP contribution is 2.39. The smallest absolute Gasteiger partial charge is 0.290 e. The molecule has 1 aliphatic rings. The van der Waals surface area contributed by atoms with E-state index in [9.17, 15) is 14.7 Å². The van der Waals surface area contributed by atoms with Gasteiger partial charge >= 0.3 is 0 Å². The van der Waals surface area contributed by atoms with Gasteiger partial charge in [0.15, 0.2) is 11.5 Å². The third-order valence-electron chi connectivity index (χ3n) is 5.57. The number of aliphatic hydroxyl groups is 1. The van der Waals surface area contributed by atoms with Crippen LogP contribution in [0.25, 0.3) is 11.0 Å². The van der Waals surface area contributed by atoms with Gasteiger partial charge in [-0.05, 0) is 30.2 Å². The van der Waals surface area contributed by atoms with Crippen LogP contribution in [0.1, 0.15) is 28.6 Å². The summed E-state index contributed by atoms with van der Waals surface area (Å²) in [6, 6.07) is 11.7. The molecule has 0 radical (unpaired) electrons. The number of aromatic nitrogens is 3. The van der Waals surface area contributed by atoms with Crippen LogP contribution in [0.5, 0.6) is 0 Å². The van der Waals surface area contributed by atoms with Crippen LogP contribution in [0.4, 0.5) is 0 Å². The number of imidazole rings is 1. The van der Waals surface area contributed by atoms with Crippen LogP contribution in [-0.2, 0) is 11.3 Å². The van der Waals surface area contributed by atoms with E-state index in [0.717, 1.165) is 5.39 Å². The van der Waals surface area contributed by atoms with Crippen molar-refractivity contribution in [3.63, 3.8) is 0 Å². The van der Waals surface area contributed by atoms with Crippen molar-refractivity contribution in [2.75, 3.05) is 6.54 Å². The summed E-state index contributed by atoms with van der Waals surface area (Å²) in [5.41, 5.74) is 1.21. The molecule has 0 aliphatic carbocycles. The molecule has 1 atom stereocenters. The quantitative estimate of drug-likeness (QED) is 0.451. The normalized spacial score (nSPS) is 16.3. The zero-order valence-electron chi connectivity index (χ0n) is 17.1. The van der Waals surface area contributed by atoms with E-state index in [1.807, 2.05) is 29.0 Å². The van der Waals surface area contributed by atoms with Gasteiger partial charge in [0.2, 0.25) is 5.78 Å². The number of rotatable bonds is 7. The number of fused-ring (bicyclic) bond motifs is 1. The molecule has 0 saturated carbocycles. The molecule has 5 rings (SSSR count). The summed E-state index contributed by atoms with van der Waals surface area (Å²) < 4.78 is 7.63. The molecule has 8 heteroatoms. The van der Waals surface area contributed by atoms with Crippen molar-refractivity contribution in [3.05, 3.63) is 96.2 Å². The van der Waals surface area contributed by atoms with Crippen molar-refractivity contribution in [2.24, 2.45) is 0 Å². The Balaban J connectivity index is 1.49. The van der Waals surface area contributed by atoms with E-state index in [2.05, 4.69) is 9.97 Å². The van der Waals surface area contributed by atoms with E-state index in [0.29, 0.717) is 30.7 Å². The Morgan fingerprint density at radius 3 is 2.72 bits per heavy atom. The summed E-state index contributed by atoms with van der Waals surface area (Å²) >= 11 is 0. The van der Waals surface area contributed by atoms with Crippen molar-refractivity contribution >= 4 is 22.7 Å². The zero-order valence-corrected chi connectivity index (χ0v) is 17.1. The maximum atomic E-state index is 13.4. The molecule has 8 nitrogen and oxygen atoms in total. The molecular formula is C24H20N4O4. The third kappa shape index (κ3) is 3.45. The van der Waals surface area contributed by atoms with Gasteiger partial charge in [0.1, 0.15) is 5.58 Å². The summed E-state index contributed by atoms with van der Waals surface area (Å²) in [6.45, 7) is 0.995. The molecule has 0 saturated heterocycles. The van der Waals surface area contributed by atoms with Crippen LogP contribution in [0.3, 0.4) is 0 Å². The van der Waals surface area contributed by atoms with E-state index < -0.39 is 23.5 Å². The Morgan fingerprint density at radius 1 is 1.09 bits per heavy atom. The average molecular weight is 428 g/mol. The number of para-hydroxylation sites is 1. The van der Waals surface area contributed by atoms with Crippen LogP contribution < -0.4 is 0 Å². The van der Waals surface area contributed by atoms with Gasteiger partial charge in [-0.3, -0.25) is 14.6 Å². The third-order valence-corrected chi connectivity index (χ3v) is 5.57. The van der Waals surface area contributed by atoms with E-state index >= 15 is 0 Å². The maximum absolute atomic E-state index is 13.4. The minimum atomic E-state index is -0.750. The Labute approximate surface area is 183 Å². The molecule has 4 aromatic rings. The molecule has 1 amide bonds. The molecule has 1 aromatic carbocycles. The van der Waals surface area contributed by atoms with Gasteiger partial charge in [0, 0.05) is 43.3 Å². The monoisotopic (exact) mass is 428 g/mol. The van der Waals surface area contributed by atoms with E-state index in [1.165, 1.54) is 4.90 Å². The van der Waals surface area contributed by atoms with Crippen LogP contribution in [0.2, 0.25) is 0 Å². The summed E-state index contributed by atoms with van der Waals surface area (Å²) in [4.78, 5) is 36.1. The van der Waals surface area contributed by atoms with Crippen LogP contribution in [0.15, 0.2) is 89.3 Å². The van der Waals surface area contributed by atoms with Crippen LogP contribution in [0, 0.1) is 0 Å². The number of furan rings is 1. The summed E-state index contributed by atoms with van der Waals surface area (Å²) in [7, 11) is 0. The number of pyridine rings is 1.